The summed E-state index contributed by atoms with van der Waals surface area (Å²) in [5, 5.41) is 3.55. The lowest BCUT2D eigenvalue weighted by molar-refractivity contribution is -0.127. The molecule has 0 aromatic heterocycles. The second-order valence-electron chi connectivity index (χ2n) is 15.3. The maximum atomic E-state index is 13.5. The molecule has 6 atom stereocenters. The number of alkyl halides is 3. The summed E-state index contributed by atoms with van der Waals surface area (Å²) < 4.78 is 66.4. The predicted octanol–water partition coefficient (Wildman–Crippen LogP) is 7.26. The van der Waals surface area contributed by atoms with E-state index in [0.29, 0.717) is 54.4 Å². The first-order valence-corrected chi connectivity index (χ1v) is 17.4. The number of carbonyl (C=O) groups excluding carboxylic acids is 1. The van der Waals surface area contributed by atoms with Gasteiger partial charge in [-0.1, -0.05) is 19.9 Å². The van der Waals surface area contributed by atoms with Crippen molar-refractivity contribution >= 4 is 16.0 Å². The summed E-state index contributed by atoms with van der Waals surface area (Å²) in [5.41, 5.74) is -4.58. The van der Waals surface area contributed by atoms with Crippen LogP contribution in [-0.4, -0.2) is 25.9 Å². The Kier molecular flexibility index (Phi) is 6.55. The standard InChI is InChI=1S/C32H44F3NO4S/c1-30-9-7-24(40-41(38,39)32(33,34)35)16-22(30)3-5-25-26-6-4-23(31(26,2)10-8-27(25)30)17-28(37)36-29-20-12-18-11-19(14-20)15-21(29)13-18/h3,16,18-21,23,25-27,29H,4-15,17H2,1-2H3,(H,36,37)/t18?,19?,20?,21?,23-,25+,26+,27+,29?,30+,31-/m1/s1. The molecule has 9 heteroatoms. The van der Waals surface area contributed by atoms with E-state index in [2.05, 4.69) is 29.4 Å². The monoisotopic (exact) mass is 595 g/mol. The molecule has 0 radical (unpaired) electrons. The Labute approximate surface area is 242 Å². The molecule has 6 saturated carbocycles. The van der Waals surface area contributed by atoms with Crippen LogP contribution in [0.1, 0.15) is 97.3 Å². The second-order valence-corrected chi connectivity index (χ2v) is 16.9. The Balaban J connectivity index is 1.03. The highest BCUT2D eigenvalue weighted by Gasteiger charge is 2.59. The fraction of sp³-hybridized carbons (Fsp3) is 0.844. The molecule has 0 spiro atoms. The molecule has 1 amide bonds. The molecule has 0 saturated heterocycles. The van der Waals surface area contributed by atoms with E-state index in [1.165, 1.54) is 32.1 Å². The summed E-state index contributed by atoms with van der Waals surface area (Å²) in [5.74, 6) is 5.11. The molecule has 0 aromatic rings. The lowest BCUT2D eigenvalue weighted by Gasteiger charge is -2.57. The lowest BCUT2D eigenvalue weighted by atomic mass is 9.48. The van der Waals surface area contributed by atoms with Crippen LogP contribution in [0, 0.1) is 58.2 Å². The van der Waals surface area contributed by atoms with Gasteiger partial charge < -0.3 is 9.50 Å². The van der Waals surface area contributed by atoms with E-state index in [9.17, 15) is 26.4 Å². The van der Waals surface area contributed by atoms with Crippen molar-refractivity contribution in [3.05, 3.63) is 23.5 Å². The number of amides is 1. The van der Waals surface area contributed by atoms with E-state index in [-0.39, 0.29) is 28.9 Å². The van der Waals surface area contributed by atoms with E-state index in [0.717, 1.165) is 49.5 Å². The summed E-state index contributed by atoms with van der Waals surface area (Å²) in [7, 11) is -5.66. The molecule has 228 valence electrons. The Morgan fingerprint density at radius 2 is 1.68 bits per heavy atom. The van der Waals surface area contributed by atoms with Crippen molar-refractivity contribution in [3.8, 4) is 0 Å². The third-order valence-electron chi connectivity index (χ3n) is 13.4. The second kappa shape index (κ2) is 9.49. The van der Waals surface area contributed by atoms with E-state index >= 15 is 0 Å². The molecule has 0 heterocycles. The highest BCUT2D eigenvalue weighted by molar-refractivity contribution is 7.87. The first-order valence-electron chi connectivity index (χ1n) is 16.0. The number of hydrogen-bond acceptors (Lipinski definition) is 4. The molecular weight excluding hydrogens is 551 g/mol. The van der Waals surface area contributed by atoms with Crippen molar-refractivity contribution in [3.63, 3.8) is 0 Å². The van der Waals surface area contributed by atoms with Crippen LogP contribution in [0.4, 0.5) is 13.2 Å². The van der Waals surface area contributed by atoms with Crippen LogP contribution in [0.2, 0.25) is 0 Å². The first kappa shape index (κ1) is 28.3. The van der Waals surface area contributed by atoms with Gasteiger partial charge in [0.1, 0.15) is 5.76 Å². The van der Waals surface area contributed by atoms with Gasteiger partial charge in [0.25, 0.3) is 0 Å². The van der Waals surface area contributed by atoms with Crippen LogP contribution in [0.25, 0.3) is 0 Å². The topological polar surface area (TPSA) is 72.5 Å². The Hall–Kier alpha value is -1.51. The van der Waals surface area contributed by atoms with Crippen molar-refractivity contribution in [2.24, 2.45) is 58.2 Å². The van der Waals surface area contributed by atoms with E-state index in [4.69, 9.17) is 0 Å². The average molecular weight is 596 g/mol. The van der Waals surface area contributed by atoms with Gasteiger partial charge in [0.2, 0.25) is 5.91 Å². The molecule has 6 fully saturated rings. The number of carbonyl (C=O) groups is 1. The van der Waals surface area contributed by atoms with Gasteiger partial charge in [0.15, 0.2) is 0 Å². The molecule has 5 nitrogen and oxygen atoms in total. The van der Waals surface area contributed by atoms with Crippen LogP contribution in [0.5, 0.6) is 0 Å². The molecule has 1 N–H and O–H groups in total. The maximum absolute atomic E-state index is 13.5. The molecule has 0 aromatic carbocycles. The minimum atomic E-state index is -5.66. The van der Waals surface area contributed by atoms with Crippen molar-refractivity contribution in [1.29, 1.82) is 0 Å². The van der Waals surface area contributed by atoms with Gasteiger partial charge in [-0.3, -0.25) is 4.79 Å². The molecule has 8 rings (SSSR count). The average Bonchev–Trinajstić information content (AvgIpc) is 3.21. The summed E-state index contributed by atoms with van der Waals surface area (Å²) in [4.78, 5) is 13.5. The third-order valence-corrected chi connectivity index (χ3v) is 14.4. The van der Waals surface area contributed by atoms with Crippen molar-refractivity contribution < 1.29 is 30.6 Å². The minimum Gasteiger partial charge on any atom is -0.381 e. The van der Waals surface area contributed by atoms with Crippen LogP contribution in [0.15, 0.2) is 23.5 Å². The fourth-order valence-corrected chi connectivity index (χ4v) is 12.1. The van der Waals surface area contributed by atoms with Crippen molar-refractivity contribution in [2.75, 3.05) is 0 Å². The van der Waals surface area contributed by atoms with Crippen molar-refractivity contribution in [1.82, 2.24) is 5.32 Å². The maximum Gasteiger partial charge on any atom is 0.534 e. The molecule has 0 aliphatic heterocycles. The molecule has 41 heavy (non-hydrogen) atoms. The summed E-state index contributed by atoms with van der Waals surface area (Å²) in [6, 6.07) is 0.386. The molecule has 8 aliphatic carbocycles. The molecule has 8 aliphatic rings. The van der Waals surface area contributed by atoms with Gasteiger partial charge in [0, 0.05) is 18.9 Å². The summed E-state index contributed by atoms with van der Waals surface area (Å²) in [6.45, 7) is 4.62. The van der Waals surface area contributed by atoms with Gasteiger partial charge >= 0.3 is 15.6 Å². The van der Waals surface area contributed by atoms with Crippen LogP contribution < -0.4 is 5.32 Å². The molecule has 0 unspecified atom stereocenters. The molecule has 4 bridgehead atoms. The number of fused-ring (bicyclic) bond motifs is 5. The first-order chi connectivity index (χ1) is 19.3. The normalized spacial score (nSPS) is 46.6. The number of allylic oxidation sites excluding steroid dienone is 4. The van der Waals surface area contributed by atoms with E-state index < -0.39 is 15.6 Å². The Morgan fingerprint density at radius 3 is 2.34 bits per heavy atom. The summed E-state index contributed by atoms with van der Waals surface area (Å²) >= 11 is 0. The zero-order valence-corrected chi connectivity index (χ0v) is 25.0. The minimum absolute atomic E-state index is 0.115. The lowest BCUT2D eigenvalue weighted by Crippen LogP contribution is -2.56. The number of halogens is 3. The predicted molar refractivity (Wildman–Crippen MR) is 148 cm³/mol. The largest absolute Gasteiger partial charge is 0.534 e. The zero-order valence-electron chi connectivity index (χ0n) is 24.2. The smallest absolute Gasteiger partial charge is 0.381 e. The van der Waals surface area contributed by atoms with E-state index in [1.54, 1.807) is 6.08 Å². The van der Waals surface area contributed by atoms with Gasteiger partial charge in [-0.25, -0.2) is 0 Å². The quantitative estimate of drug-likeness (QED) is 0.268. The third kappa shape index (κ3) is 4.52. The van der Waals surface area contributed by atoms with Crippen LogP contribution in [0.3, 0.4) is 0 Å². The van der Waals surface area contributed by atoms with Gasteiger partial charge in [-0.2, -0.15) is 21.6 Å². The fourth-order valence-electron chi connectivity index (χ4n) is 11.6. The Morgan fingerprint density at radius 1 is 1.00 bits per heavy atom. The number of hydrogen-bond donors (Lipinski definition) is 1. The van der Waals surface area contributed by atoms with E-state index in [1.807, 2.05) is 0 Å². The highest BCUT2D eigenvalue weighted by Crippen LogP contribution is 2.66. The zero-order chi connectivity index (χ0) is 28.9. The van der Waals surface area contributed by atoms with Crippen molar-refractivity contribution in [2.45, 2.75) is 109 Å². The van der Waals surface area contributed by atoms with Crippen LogP contribution in [-0.2, 0) is 19.1 Å². The highest BCUT2D eigenvalue weighted by atomic mass is 32.2. The number of rotatable bonds is 5. The SMILES string of the molecule is C[C@]12CC[C@H]3[C@@H](CC=C4C=C(OS(=O)(=O)C(F)(F)F)CC[C@@]43C)[C@@H]1CC[C@@H]2CC(=O)NC1C2CC3CC(C2)CC1C3. The Bertz CT molecular complexity index is 1250. The van der Waals surface area contributed by atoms with Gasteiger partial charge in [0.05, 0.1) is 0 Å². The van der Waals surface area contributed by atoms with Gasteiger partial charge in [-0.15, -0.1) is 0 Å². The number of nitrogens with one attached hydrogen (secondary N) is 1. The summed E-state index contributed by atoms with van der Waals surface area (Å²) in [6.07, 6.45) is 16.9. The van der Waals surface area contributed by atoms with Crippen LogP contribution >= 0.6 is 0 Å². The van der Waals surface area contributed by atoms with Gasteiger partial charge in [-0.05, 0) is 140 Å². The molecular formula is C32H44F3NO4S.